The van der Waals surface area contributed by atoms with Crippen molar-refractivity contribution in [2.24, 2.45) is 0 Å². The van der Waals surface area contributed by atoms with E-state index < -0.39 is 11.9 Å². The number of fused-ring (bicyclic) bond motifs is 1. The summed E-state index contributed by atoms with van der Waals surface area (Å²) < 4.78 is 0. The van der Waals surface area contributed by atoms with E-state index in [4.69, 9.17) is 5.11 Å². The average molecular weight is 363 g/mol. The molecule has 1 N–H and O–H groups in total. The number of rotatable bonds is 4. The van der Waals surface area contributed by atoms with Gasteiger partial charge in [0.15, 0.2) is 0 Å². The SMILES string of the molecule is CC(C(=O)O)c1ccc(N2Cc3cccc(-c4cccs4)c3C2=O)cc1. The monoisotopic (exact) mass is 363 g/mol. The highest BCUT2D eigenvalue weighted by molar-refractivity contribution is 7.13. The van der Waals surface area contributed by atoms with E-state index in [1.165, 1.54) is 0 Å². The van der Waals surface area contributed by atoms with E-state index in [0.717, 1.165) is 32.8 Å². The fourth-order valence-electron chi connectivity index (χ4n) is 3.29. The number of hydrogen-bond acceptors (Lipinski definition) is 3. The summed E-state index contributed by atoms with van der Waals surface area (Å²) in [5.74, 6) is -1.44. The molecule has 1 unspecified atom stereocenters. The largest absolute Gasteiger partial charge is 0.481 e. The summed E-state index contributed by atoms with van der Waals surface area (Å²) in [6.07, 6.45) is 0. The molecule has 2 aromatic carbocycles. The van der Waals surface area contributed by atoms with Gasteiger partial charge in [0, 0.05) is 16.1 Å². The van der Waals surface area contributed by atoms with Crippen molar-refractivity contribution in [3.05, 3.63) is 76.7 Å². The lowest BCUT2D eigenvalue weighted by molar-refractivity contribution is -0.138. The normalized spacial score (nSPS) is 14.3. The Hall–Kier alpha value is -2.92. The van der Waals surface area contributed by atoms with Crippen LogP contribution in [0.5, 0.6) is 0 Å². The molecular formula is C21H17NO3S. The molecule has 0 fully saturated rings. The first kappa shape index (κ1) is 16.5. The van der Waals surface area contributed by atoms with Crippen molar-refractivity contribution in [1.29, 1.82) is 0 Å². The maximum absolute atomic E-state index is 13.1. The minimum absolute atomic E-state index is 0.0111. The van der Waals surface area contributed by atoms with Gasteiger partial charge in [0.1, 0.15) is 0 Å². The van der Waals surface area contributed by atoms with Gasteiger partial charge in [-0.15, -0.1) is 11.3 Å². The fraction of sp³-hybridized carbons (Fsp3) is 0.143. The molecule has 2 heterocycles. The number of anilines is 1. The molecule has 1 atom stereocenters. The number of carbonyl (C=O) groups is 2. The van der Waals surface area contributed by atoms with E-state index in [0.29, 0.717) is 6.54 Å². The van der Waals surface area contributed by atoms with Crippen LogP contribution in [-0.2, 0) is 11.3 Å². The molecule has 0 radical (unpaired) electrons. The summed E-state index contributed by atoms with van der Waals surface area (Å²) in [6, 6.07) is 17.2. The van der Waals surface area contributed by atoms with Crippen LogP contribution in [0.25, 0.3) is 10.4 Å². The average Bonchev–Trinajstić information content (AvgIpc) is 3.30. The van der Waals surface area contributed by atoms with Crippen LogP contribution in [0, 0.1) is 0 Å². The zero-order valence-corrected chi connectivity index (χ0v) is 15.0. The van der Waals surface area contributed by atoms with Crippen LogP contribution in [0.2, 0.25) is 0 Å². The van der Waals surface area contributed by atoms with E-state index >= 15 is 0 Å². The van der Waals surface area contributed by atoms with Gasteiger partial charge in [0.2, 0.25) is 0 Å². The number of carboxylic acids is 1. The smallest absolute Gasteiger partial charge is 0.310 e. The first-order chi connectivity index (χ1) is 12.6. The molecule has 0 spiro atoms. The predicted molar refractivity (Wildman–Crippen MR) is 103 cm³/mol. The summed E-state index contributed by atoms with van der Waals surface area (Å²) in [7, 11) is 0. The number of benzene rings is 2. The molecule has 0 bridgehead atoms. The summed E-state index contributed by atoms with van der Waals surface area (Å²) in [5, 5.41) is 11.1. The Labute approximate surface area is 155 Å². The van der Waals surface area contributed by atoms with Gasteiger partial charge >= 0.3 is 5.97 Å². The maximum Gasteiger partial charge on any atom is 0.310 e. The van der Waals surface area contributed by atoms with Crippen molar-refractivity contribution in [2.45, 2.75) is 19.4 Å². The number of thiophene rings is 1. The van der Waals surface area contributed by atoms with Crippen LogP contribution in [0.15, 0.2) is 60.0 Å². The molecule has 1 amide bonds. The highest BCUT2D eigenvalue weighted by atomic mass is 32.1. The summed E-state index contributed by atoms with van der Waals surface area (Å²) >= 11 is 1.62. The third kappa shape index (κ3) is 2.70. The maximum atomic E-state index is 13.1. The Morgan fingerprint density at radius 3 is 2.54 bits per heavy atom. The van der Waals surface area contributed by atoms with Crippen molar-refractivity contribution >= 4 is 28.9 Å². The van der Waals surface area contributed by atoms with Crippen molar-refractivity contribution in [2.75, 3.05) is 4.90 Å². The van der Waals surface area contributed by atoms with Crippen LogP contribution in [0.3, 0.4) is 0 Å². The van der Waals surface area contributed by atoms with Gasteiger partial charge in [0.05, 0.1) is 18.0 Å². The number of nitrogens with zero attached hydrogens (tertiary/aromatic N) is 1. The molecule has 130 valence electrons. The summed E-state index contributed by atoms with van der Waals surface area (Å²) in [4.78, 5) is 27.0. The topological polar surface area (TPSA) is 57.6 Å². The lowest BCUT2D eigenvalue weighted by Crippen LogP contribution is -2.23. The van der Waals surface area contributed by atoms with E-state index in [2.05, 4.69) is 0 Å². The standard InChI is InChI=1S/C21H17NO3S/c1-13(21(24)25)14-7-9-16(10-8-14)22-12-15-4-2-5-17(19(15)20(22)23)18-6-3-11-26-18/h2-11,13H,12H2,1H3,(H,24,25). The summed E-state index contributed by atoms with van der Waals surface area (Å²) in [6.45, 7) is 2.18. The first-order valence-corrected chi connectivity index (χ1v) is 9.24. The Morgan fingerprint density at radius 2 is 1.88 bits per heavy atom. The lowest BCUT2D eigenvalue weighted by Gasteiger charge is -2.17. The van der Waals surface area contributed by atoms with Crippen LogP contribution >= 0.6 is 11.3 Å². The molecule has 3 aromatic rings. The van der Waals surface area contributed by atoms with Gasteiger partial charge in [-0.3, -0.25) is 9.59 Å². The number of hydrogen-bond donors (Lipinski definition) is 1. The van der Waals surface area contributed by atoms with E-state index in [-0.39, 0.29) is 5.91 Å². The second-order valence-corrected chi connectivity index (χ2v) is 7.31. The van der Waals surface area contributed by atoms with Gasteiger partial charge in [-0.05, 0) is 41.6 Å². The highest BCUT2D eigenvalue weighted by Crippen LogP contribution is 2.37. The number of aliphatic carboxylic acids is 1. The predicted octanol–water partition coefficient (Wildman–Crippen LogP) is 4.76. The van der Waals surface area contributed by atoms with Gasteiger partial charge in [0.25, 0.3) is 5.91 Å². The molecule has 0 saturated heterocycles. The Kier molecular flexibility index (Phi) is 4.09. The quantitative estimate of drug-likeness (QED) is 0.727. The van der Waals surface area contributed by atoms with E-state index in [1.54, 1.807) is 35.3 Å². The molecule has 5 heteroatoms. The van der Waals surface area contributed by atoms with Gasteiger partial charge in [-0.1, -0.05) is 36.4 Å². The zero-order chi connectivity index (χ0) is 18.3. The summed E-state index contributed by atoms with van der Waals surface area (Å²) in [5.41, 5.74) is 4.26. The van der Waals surface area contributed by atoms with Crippen molar-refractivity contribution in [1.82, 2.24) is 0 Å². The second kappa shape index (κ2) is 6.42. The molecule has 1 aromatic heterocycles. The number of carboxylic acid groups (broad SMARTS) is 1. The van der Waals surface area contributed by atoms with Gasteiger partial charge in [-0.2, -0.15) is 0 Å². The zero-order valence-electron chi connectivity index (χ0n) is 14.2. The minimum atomic E-state index is -0.858. The Balaban J connectivity index is 1.67. The fourth-order valence-corrected chi connectivity index (χ4v) is 4.05. The lowest BCUT2D eigenvalue weighted by atomic mass is 10.0. The van der Waals surface area contributed by atoms with Crippen LogP contribution in [0.4, 0.5) is 5.69 Å². The highest BCUT2D eigenvalue weighted by Gasteiger charge is 2.31. The van der Waals surface area contributed by atoms with Crippen LogP contribution in [-0.4, -0.2) is 17.0 Å². The third-order valence-corrected chi connectivity index (χ3v) is 5.70. The number of carbonyl (C=O) groups excluding carboxylic acids is 1. The van der Waals surface area contributed by atoms with Gasteiger partial charge in [-0.25, -0.2) is 0 Å². The van der Waals surface area contributed by atoms with Crippen molar-refractivity contribution < 1.29 is 14.7 Å². The Morgan fingerprint density at radius 1 is 1.12 bits per heavy atom. The second-order valence-electron chi connectivity index (χ2n) is 6.36. The van der Waals surface area contributed by atoms with Gasteiger partial charge < -0.3 is 10.0 Å². The molecule has 4 rings (SSSR count). The third-order valence-electron chi connectivity index (χ3n) is 4.80. The molecule has 26 heavy (non-hydrogen) atoms. The minimum Gasteiger partial charge on any atom is -0.481 e. The molecule has 4 nitrogen and oxygen atoms in total. The molecule has 1 aliphatic heterocycles. The number of amides is 1. The molecule has 0 saturated carbocycles. The molecule has 0 aliphatic carbocycles. The van der Waals surface area contributed by atoms with Crippen molar-refractivity contribution in [3.8, 4) is 10.4 Å². The van der Waals surface area contributed by atoms with Crippen molar-refractivity contribution in [3.63, 3.8) is 0 Å². The van der Waals surface area contributed by atoms with Crippen LogP contribution < -0.4 is 4.90 Å². The van der Waals surface area contributed by atoms with E-state index in [1.807, 2.05) is 47.8 Å². The van der Waals surface area contributed by atoms with Crippen LogP contribution in [0.1, 0.15) is 34.3 Å². The van der Waals surface area contributed by atoms with E-state index in [9.17, 15) is 9.59 Å². The Bertz CT molecular complexity index is 977. The molecular weight excluding hydrogens is 346 g/mol. The molecule has 1 aliphatic rings. The first-order valence-electron chi connectivity index (χ1n) is 8.36.